The zero-order valence-corrected chi connectivity index (χ0v) is 12.3. The number of amides is 1. The van der Waals surface area contributed by atoms with E-state index < -0.39 is 23.5 Å². The second-order valence-corrected chi connectivity index (χ2v) is 5.24. The van der Waals surface area contributed by atoms with Crippen molar-refractivity contribution in [3.63, 3.8) is 0 Å². The normalized spacial score (nSPS) is 11.7. The van der Waals surface area contributed by atoms with Gasteiger partial charge in [0.2, 0.25) is 5.91 Å². The predicted octanol–water partition coefficient (Wildman–Crippen LogP) is 4.44. The minimum atomic E-state index is -4.55. The summed E-state index contributed by atoms with van der Waals surface area (Å²) in [5, 5.41) is 2.89. The molecule has 3 nitrogen and oxygen atoms in total. The number of alkyl halides is 3. The maximum atomic E-state index is 13.2. The summed E-state index contributed by atoms with van der Waals surface area (Å²) >= 11 is 0. The van der Waals surface area contributed by atoms with E-state index >= 15 is 0 Å². The van der Waals surface area contributed by atoms with E-state index in [-0.39, 0.29) is 12.2 Å². The van der Waals surface area contributed by atoms with Crippen LogP contribution in [-0.4, -0.2) is 10.5 Å². The molecule has 1 amide bonds. The topological polar surface area (TPSA) is 34.0 Å². The fourth-order valence-electron chi connectivity index (χ4n) is 2.49. The van der Waals surface area contributed by atoms with Crippen LogP contribution in [0.25, 0.3) is 10.9 Å². The summed E-state index contributed by atoms with van der Waals surface area (Å²) in [7, 11) is 0. The van der Waals surface area contributed by atoms with Gasteiger partial charge in [0.05, 0.1) is 11.3 Å². The maximum Gasteiger partial charge on any atom is 0.418 e. The van der Waals surface area contributed by atoms with Gasteiger partial charge in [-0.05, 0) is 36.4 Å². The van der Waals surface area contributed by atoms with Crippen LogP contribution in [0.3, 0.4) is 0 Å². The van der Waals surface area contributed by atoms with Gasteiger partial charge in [-0.15, -0.1) is 0 Å². The average Bonchev–Trinajstić information content (AvgIpc) is 2.88. The molecular weight excluding hydrogens is 324 g/mol. The molecule has 1 aromatic heterocycles. The summed E-state index contributed by atoms with van der Waals surface area (Å²) in [6.45, 7) is -0.179. The van der Waals surface area contributed by atoms with Gasteiger partial charge in [0, 0.05) is 17.1 Å². The van der Waals surface area contributed by atoms with Crippen molar-refractivity contribution in [3.8, 4) is 0 Å². The minimum Gasteiger partial charge on any atom is -0.338 e. The number of halogens is 4. The highest BCUT2D eigenvalue weighted by atomic mass is 19.4. The molecule has 0 aliphatic rings. The second kappa shape index (κ2) is 5.99. The molecule has 0 fully saturated rings. The van der Waals surface area contributed by atoms with Crippen LogP contribution in [0.2, 0.25) is 0 Å². The van der Waals surface area contributed by atoms with Crippen molar-refractivity contribution in [3.05, 3.63) is 66.1 Å². The van der Waals surface area contributed by atoms with Crippen LogP contribution >= 0.6 is 0 Å². The third-order valence-corrected chi connectivity index (χ3v) is 3.55. The largest absolute Gasteiger partial charge is 0.418 e. The molecule has 0 bridgehead atoms. The Morgan fingerprint density at radius 1 is 1.08 bits per heavy atom. The van der Waals surface area contributed by atoms with Crippen molar-refractivity contribution in [2.45, 2.75) is 12.7 Å². The molecule has 124 valence electrons. The van der Waals surface area contributed by atoms with Crippen LogP contribution in [0.5, 0.6) is 0 Å². The molecule has 0 saturated carbocycles. The lowest BCUT2D eigenvalue weighted by Crippen LogP contribution is -2.20. The van der Waals surface area contributed by atoms with Gasteiger partial charge >= 0.3 is 6.18 Å². The minimum absolute atomic E-state index is 0.179. The van der Waals surface area contributed by atoms with Gasteiger partial charge < -0.3 is 9.88 Å². The zero-order valence-electron chi connectivity index (χ0n) is 12.3. The summed E-state index contributed by atoms with van der Waals surface area (Å²) < 4.78 is 53.5. The fourth-order valence-corrected chi connectivity index (χ4v) is 2.49. The molecule has 0 radical (unpaired) electrons. The van der Waals surface area contributed by atoms with Gasteiger partial charge in [0.15, 0.2) is 0 Å². The Morgan fingerprint density at radius 2 is 1.83 bits per heavy atom. The maximum absolute atomic E-state index is 13.2. The van der Waals surface area contributed by atoms with Gasteiger partial charge in [0.25, 0.3) is 0 Å². The van der Waals surface area contributed by atoms with Crippen molar-refractivity contribution in [1.29, 1.82) is 0 Å². The number of nitrogens with one attached hydrogen (secondary N) is 1. The number of fused-ring (bicyclic) bond motifs is 1. The molecule has 7 heteroatoms. The Balaban J connectivity index is 1.81. The smallest absolute Gasteiger partial charge is 0.338 e. The molecular formula is C17H12F4N2O. The second-order valence-electron chi connectivity index (χ2n) is 5.24. The van der Waals surface area contributed by atoms with Crippen LogP contribution in [-0.2, 0) is 17.5 Å². The molecule has 0 atom stereocenters. The van der Waals surface area contributed by atoms with E-state index in [1.165, 1.54) is 36.4 Å². The number of hydrogen-bond acceptors (Lipinski definition) is 1. The fraction of sp³-hybridized carbons (Fsp3) is 0.118. The zero-order chi connectivity index (χ0) is 17.3. The number of hydrogen-bond donors (Lipinski definition) is 1. The summed E-state index contributed by atoms with van der Waals surface area (Å²) in [6, 6.07) is 10.5. The standard InChI is InChI=1S/C17H12F4N2O/c18-12-5-6-15-11(9-12)7-8-23(15)10-16(24)22-14-4-2-1-3-13(14)17(19,20)21/h1-9H,10H2,(H,22,24). The summed E-state index contributed by atoms with van der Waals surface area (Å²) in [4.78, 5) is 12.1. The van der Waals surface area contributed by atoms with E-state index in [1.54, 1.807) is 16.8 Å². The van der Waals surface area contributed by atoms with Crippen molar-refractivity contribution >= 4 is 22.5 Å². The number of para-hydroxylation sites is 1. The molecule has 24 heavy (non-hydrogen) atoms. The van der Waals surface area contributed by atoms with E-state index in [0.717, 1.165) is 6.07 Å². The van der Waals surface area contributed by atoms with Gasteiger partial charge in [0.1, 0.15) is 12.4 Å². The lowest BCUT2D eigenvalue weighted by Gasteiger charge is -2.14. The highest BCUT2D eigenvalue weighted by molar-refractivity contribution is 5.92. The number of carbonyl (C=O) groups is 1. The van der Waals surface area contributed by atoms with Gasteiger partial charge in [-0.25, -0.2) is 4.39 Å². The molecule has 3 rings (SSSR count). The lowest BCUT2D eigenvalue weighted by atomic mass is 10.1. The van der Waals surface area contributed by atoms with Gasteiger partial charge in [-0.2, -0.15) is 13.2 Å². The molecule has 2 aromatic carbocycles. The number of rotatable bonds is 3. The lowest BCUT2D eigenvalue weighted by molar-refractivity contribution is -0.137. The number of benzene rings is 2. The Hall–Kier alpha value is -2.83. The Morgan fingerprint density at radius 3 is 2.58 bits per heavy atom. The van der Waals surface area contributed by atoms with Crippen LogP contribution in [0, 0.1) is 5.82 Å². The summed E-state index contributed by atoms with van der Waals surface area (Å²) in [5.74, 6) is -1.00. The van der Waals surface area contributed by atoms with Crippen LogP contribution < -0.4 is 5.32 Å². The van der Waals surface area contributed by atoms with E-state index in [2.05, 4.69) is 5.32 Å². The van der Waals surface area contributed by atoms with E-state index in [9.17, 15) is 22.4 Å². The van der Waals surface area contributed by atoms with E-state index in [0.29, 0.717) is 10.9 Å². The molecule has 0 unspecified atom stereocenters. The molecule has 0 aliphatic carbocycles. The summed E-state index contributed by atoms with van der Waals surface area (Å²) in [6.07, 6.45) is -2.97. The number of anilines is 1. The Kier molecular flexibility index (Phi) is 4.01. The first-order valence-electron chi connectivity index (χ1n) is 7.05. The van der Waals surface area contributed by atoms with E-state index in [4.69, 9.17) is 0 Å². The Labute approximate surface area is 134 Å². The first-order chi connectivity index (χ1) is 11.3. The molecule has 1 N–H and O–H groups in total. The highest BCUT2D eigenvalue weighted by Crippen LogP contribution is 2.34. The van der Waals surface area contributed by atoms with Crippen molar-refractivity contribution in [2.24, 2.45) is 0 Å². The first kappa shape index (κ1) is 16.0. The average molecular weight is 336 g/mol. The first-order valence-corrected chi connectivity index (χ1v) is 7.05. The Bertz CT molecular complexity index is 899. The summed E-state index contributed by atoms with van der Waals surface area (Å²) in [5.41, 5.74) is -0.578. The molecule has 0 spiro atoms. The van der Waals surface area contributed by atoms with Crippen LogP contribution in [0.1, 0.15) is 5.56 Å². The molecule has 1 heterocycles. The molecule has 0 aliphatic heterocycles. The molecule has 3 aromatic rings. The quantitative estimate of drug-likeness (QED) is 0.705. The van der Waals surface area contributed by atoms with Crippen molar-refractivity contribution in [2.75, 3.05) is 5.32 Å². The predicted molar refractivity (Wildman–Crippen MR) is 82.0 cm³/mol. The molecule has 0 saturated heterocycles. The monoisotopic (exact) mass is 336 g/mol. The van der Waals surface area contributed by atoms with Crippen LogP contribution in [0.4, 0.5) is 23.2 Å². The third kappa shape index (κ3) is 3.24. The number of aromatic nitrogens is 1. The highest BCUT2D eigenvalue weighted by Gasteiger charge is 2.33. The SMILES string of the molecule is O=C(Cn1ccc2cc(F)ccc21)Nc1ccccc1C(F)(F)F. The van der Waals surface area contributed by atoms with E-state index in [1.807, 2.05) is 0 Å². The third-order valence-electron chi connectivity index (χ3n) is 3.55. The number of nitrogens with zero attached hydrogens (tertiary/aromatic N) is 1. The number of carbonyl (C=O) groups excluding carboxylic acids is 1. The van der Waals surface area contributed by atoms with Crippen molar-refractivity contribution in [1.82, 2.24) is 4.57 Å². The van der Waals surface area contributed by atoms with Gasteiger partial charge in [-0.3, -0.25) is 4.79 Å². The van der Waals surface area contributed by atoms with Crippen LogP contribution in [0.15, 0.2) is 54.7 Å². The van der Waals surface area contributed by atoms with Gasteiger partial charge in [-0.1, -0.05) is 12.1 Å². The van der Waals surface area contributed by atoms with Crippen molar-refractivity contribution < 1.29 is 22.4 Å².